The highest BCUT2D eigenvalue weighted by molar-refractivity contribution is 5.68. The van der Waals surface area contributed by atoms with Crippen LogP contribution in [0.3, 0.4) is 0 Å². The lowest BCUT2D eigenvalue weighted by Gasteiger charge is -2.40. The fourth-order valence-corrected chi connectivity index (χ4v) is 3.51. The first-order chi connectivity index (χ1) is 10.2. The number of likely N-dealkylation sites (tertiary alicyclic amines) is 2. The van der Waals surface area contributed by atoms with Crippen molar-refractivity contribution in [2.75, 3.05) is 33.2 Å². The number of nitrogens with zero attached hydrogens (tertiary/aromatic N) is 2. The summed E-state index contributed by atoms with van der Waals surface area (Å²) >= 11 is 0. The summed E-state index contributed by atoms with van der Waals surface area (Å²) in [5.74, 6) is 0.663. The molecule has 0 aromatic heterocycles. The highest BCUT2D eigenvalue weighted by Gasteiger charge is 2.31. The average molecular weight is 311 g/mol. The zero-order valence-corrected chi connectivity index (χ0v) is 14.9. The maximum atomic E-state index is 12.2. The lowest BCUT2D eigenvalue weighted by atomic mass is 9.92. The fourth-order valence-electron chi connectivity index (χ4n) is 3.51. The molecule has 0 saturated carbocycles. The van der Waals surface area contributed by atoms with Crippen LogP contribution in [0.4, 0.5) is 4.79 Å². The van der Waals surface area contributed by atoms with Crippen molar-refractivity contribution in [3.8, 4) is 0 Å². The van der Waals surface area contributed by atoms with Gasteiger partial charge in [-0.15, -0.1) is 0 Å². The van der Waals surface area contributed by atoms with E-state index in [1.807, 2.05) is 25.7 Å². The third kappa shape index (κ3) is 5.13. The van der Waals surface area contributed by atoms with Crippen LogP contribution < -0.4 is 5.32 Å². The van der Waals surface area contributed by atoms with Gasteiger partial charge in [-0.1, -0.05) is 6.92 Å². The molecule has 2 rings (SSSR count). The Kier molecular flexibility index (Phi) is 5.72. The van der Waals surface area contributed by atoms with Gasteiger partial charge in [-0.05, 0) is 59.5 Å². The summed E-state index contributed by atoms with van der Waals surface area (Å²) in [6.07, 6.45) is 3.23. The number of hydrogen-bond donors (Lipinski definition) is 1. The van der Waals surface area contributed by atoms with Gasteiger partial charge >= 0.3 is 6.09 Å². The van der Waals surface area contributed by atoms with E-state index in [-0.39, 0.29) is 6.09 Å². The van der Waals surface area contributed by atoms with Crippen LogP contribution in [-0.4, -0.2) is 66.8 Å². The fraction of sp³-hybridized carbons (Fsp3) is 0.941. The largest absolute Gasteiger partial charge is 0.444 e. The first-order valence-corrected chi connectivity index (χ1v) is 8.67. The number of rotatable bonds is 2. The molecule has 3 atom stereocenters. The first-order valence-electron chi connectivity index (χ1n) is 8.67. The molecule has 0 spiro atoms. The van der Waals surface area contributed by atoms with E-state index < -0.39 is 5.60 Å². The molecule has 1 N–H and O–H groups in total. The molecule has 3 unspecified atom stereocenters. The SMILES string of the molecule is CC1CN(C)CCC1NC1CCCN(C(=O)OC(C)(C)C)C1. The standard InChI is InChI=1S/C17H33N3O2/c1-13-11-19(5)10-8-15(13)18-14-7-6-9-20(12-14)16(21)22-17(2,3)4/h13-15,18H,6-12H2,1-5H3. The van der Waals surface area contributed by atoms with Crippen LogP contribution >= 0.6 is 0 Å². The van der Waals surface area contributed by atoms with Crippen LogP contribution in [0.2, 0.25) is 0 Å². The Morgan fingerprint density at radius 1 is 1.18 bits per heavy atom. The van der Waals surface area contributed by atoms with Gasteiger partial charge in [0.05, 0.1) is 0 Å². The molecule has 2 aliphatic rings. The minimum absolute atomic E-state index is 0.171. The van der Waals surface area contributed by atoms with E-state index in [1.165, 1.54) is 6.42 Å². The first kappa shape index (κ1) is 17.5. The zero-order valence-electron chi connectivity index (χ0n) is 14.9. The number of piperidine rings is 2. The zero-order chi connectivity index (χ0) is 16.3. The van der Waals surface area contributed by atoms with Crippen molar-refractivity contribution in [1.29, 1.82) is 0 Å². The van der Waals surface area contributed by atoms with E-state index in [9.17, 15) is 4.79 Å². The highest BCUT2D eigenvalue weighted by Crippen LogP contribution is 2.20. The molecule has 2 aliphatic heterocycles. The second-order valence-corrected chi connectivity index (χ2v) is 8.07. The van der Waals surface area contributed by atoms with Crippen molar-refractivity contribution in [3.05, 3.63) is 0 Å². The average Bonchev–Trinajstić information content (AvgIpc) is 2.40. The number of ether oxygens (including phenoxy) is 1. The van der Waals surface area contributed by atoms with Crippen LogP contribution in [0.25, 0.3) is 0 Å². The monoisotopic (exact) mass is 311 g/mol. The molecular formula is C17H33N3O2. The van der Waals surface area contributed by atoms with Gasteiger partial charge in [0.25, 0.3) is 0 Å². The Labute approximate surface area is 135 Å². The second kappa shape index (κ2) is 7.18. The number of carbonyl (C=O) groups is 1. The Morgan fingerprint density at radius 2 is 1.91 bits per heavy atom. The molecule has 5 nitrogen and oxygen atoms in total. The quantitative estimate of drug-likeness (QED) is 0.850. The van der Waals surface area contributed by atoms with Crippen LogP contribution in [0, 0.1) is 5.92 Å². The van der Waals surface area contributed by atoms with Gasteiger partial charge in [-0.25, -0.2) is 4.79 Å². The Hall–Kier alpha value is -0.810. The van der Waals surface area contributed by atoms with Crippen LogP contribution in [0.5, 0.6) is 0 Å². The van der Waals surface area contributed by atoms with Gasteiger partial charge in [0.15, 0.2) is 0 Å². The molecule has 0 aliphatic carbocycles. The molecule has 2 fully saturated rings. The summed E-state index contributed by atoms with van der Waals surface area (Å²) in [5.41, 5.74) is -0.417. The third-order valence-corrected chi connectivity index (χ3v) is 4.63. The van der Waals surface area contributed by atoms with Crippen molar-refractivity contribution in [1.82, 2.24) is 15.1 Å². The maximum absolute atomic E-state index is 12.2. The van der Waals surface area contributed by atoms with E-state index in [4.69, 9.17) is 4.74 Å². The molecule has 5 heteroatoms. The molecule has 0 aromatic rings. The topological polar surface area (TPSA) is 44.8 Å². The van der Waals surface area contributed by atoms with Gasteiger partial charge in [0.1, 0.15) is 5.60 Å². The lowest BCUT2D eigenvalue weighted by Crippen LogP contribution is -2.55. The van der Waals surface area contributed by atoms with Crippen molar-refractivity contribution >= 4 is 6.09 Å². The second-order valence-electron chi connectivity index (χ2n) is 8.07. The number of hydrogen-bond acceptors (Lipinski definition) is 4. The normalized spacial score (nSPS) is 31.1. The minimum Gasteiger partial charge on any atom is -0.444 e. The van der Waals surface area contributed by atoms with Crippen molar-refractivity contribution in [2.45, 2.75) is 64.6 Å². The minimum atomic E-state index is -0.417. The molecule has 128 valence electrons. The summed E-state index contributed by atoms with van der Waals surface area (Å²) in [6.45, 7) is 12.0. The summed E-state index contributed by atoms with van der Waals surface area (Å²) in [4.78, 5) is 16.5. The Morgan fingerprint density at radius 3 is 2.55 bits per heavy atom. The Bertz CT molecular complexity index is 381. The van der Waals surface area contributed by atoms with Crippen LogP contribution in [0.15, 0.2) is 0 Å². The predicted octanol–water partition coefficient (Wildman–Crippen LogP) is 2.32. The summed E-state index contributed by atoms with van der Waals surface area (Å²) < 4.78 is 5.50. The molecule has 2 saturated heterocycles. The Balaban J connectivity index is 1.84. The van der Waals surface area contributed by atoms with Gasteiger partial charge in [-0.3, -0.25) is 0 Å². The van der Waals surface area contributed by atoms with E-state index in [2.05, 4.69) is 24.2 Å². The van der Waals surface area contributed by atoms with E-state index in [0.29, 0.717) is 18.0 Å². The van der Waals surface area contributed by atoms with Gasteiger partial charge in [0, 0.05) is 31.7 Å². The highest BCUT2D eigenvalue weighted by atomic mass is 16.6. The van der Waals surface area contributed by atoms with Crippen molar-refractivity contribution in [3.63, 3.8) is 0 Å². The van der Waals surface area contributed by atoms with Gasteiger partial charge in [0.2, 0.25) is 0 Å². The third-order valence-electron chi connectivity index (χ3n) is 4.63. The predicted molar refractivity (Wildman–Crippen MR) is 89.0 cm³/mol. The molecule has 0 radical (unpaired) electrons. The van der Waals surface area contributed by atoms with Gasteiger partial charge in [-0.2, -0.15) is 0 Å². The lowest BCUT2D eigenvalue weighted by molar-refractivity contribution is 0.0174. The van der Waals surface area contributed by atoms with Crippen molar-refractivity contribution < 1.29 is 9.53 Å². The maximum Gasteiger partial charge on any atom is 0.410 e. The molecule has 2 heterocycles. The van der Waals surface area contributed by atoms with E-state index >= 15 is 0 Å². The number of nitrogens with one attached hydrogen (secondary N) is 1. The van der Waals surface area contributed by atoms with Crippen LogP contribution in [0.1, 0.15) is 47.0 Å². The molecule has 1 amide bonds. The molecule has 22 heavy (non-hydrogen) atoms. The number of amides is 1. The van der Waals surface area contributed by atoms with Crippen LogP contribution in [-0.2, 0) is 4.74 Å². The molecule has 0 bridgehead atoms. The smallest absolute Gasteiger partial charge is 0.410 e. The summed E-state index contributed by atoms with van der Waals surface area (Å²) in [5, 5.41) is 3.80. The summed E-state index contributed by atoms with van der Waals surface area (Å²) in [7, 11) is 2.19. The molecule has 0 aromatic carbocycles. The summed E-state index contributed by atoms with van der Waals surface area (Å²) in [6, 6.07) is 0.969. The van der Waals surface area contributed by atoms with E-state index in [1.54, 1.807) is 0 Å². The van der Waals surface area contributed by atoms with Gasteiger partial charge < -0.3 is 19.9 Å². The van der Waals surface area contributed by atoms with Crippen molar-refractivity contribution in [2.24, 2.45) is 5.92 Å². The molecular weight excluding hydrogens is 278 g/mol. The number of carbonyl (C=O) groups excluding carboxylic acids is 1. The van der Waals surface area contributed by atoms with E-state index in [0.717, 1.165) is 39.0 Å².